The molecule has 1 aromatic rings. The number of hydrogen-bond acceptors (Lipinski definition) is 2. The highest BCUT2D eigenvalue weighted by Crippen LogP contribution is 2.17. The van der Waals surface area contributed by atoms with E-state index >= 15 is 0 Å². The zero-order valence-corrected chi connectivity index (χ0v) is 9.59. The van der Waals surface area contributed by atoms with Gasteiger partial charge in [-0.25, -0.2) is 4.39 Å². The average molecular weight is 224 g/mol. The van der Waals surface area contributed by atoms with Crippen molar-refractivity contribution in [1.82, 2.24) is 0 Å². The SMILES string of the molecule is Cc1c(F)cccc1NC(=O)CCC(C)N. The quantitative estimate of drug-likeness (QED) is 0.823. The average Bonchev–Trinajstić information content (AvgIpc) is 2.22. The van der Waals surface area contributed by atoms with Gasteiger partial charge in [0, 0.05) is 23.7 Å². The second-order valence-electron chi connectivity index (χ2n) is 3.98. The van der Waals surface area contributed by atoms with Gasteiger partial charge in [-0.1, -0.05) is 6.07 Å². The van der Waals surface area contributed by atoms with Crippen molar-refractivity contribution >= 4 is 11.6 Å². The van der Waals surface area contributed by atoms with Gasteiger partial charge < -0.3 is 11.1 Å². The van der Waals surface area contributed by atoms with Crippen LogP contribution in [0, 0.1) is 12.7 Å². The molecular formula is C12H17FN2O. The summed E-state index contributed by atoms with van der Waals surface area (Å²) in [5.74, 6) is -0.448. The lowest BCUT2D eigenvalue weighted by Gasteiger charge is -2.09. The van der Waals surface area contributed by atoms with Crippen LogP contribution in [0.3, 0.4) is 0 Å². The van der Waals surface area contributed by atoms with Gasteiger partial charge in [0.25, 0.3) is 0 Å². The van der Waals surface area contributed by atoms with Crippen LogP contribution in [0.15, 0.2) is 18.2 Å². The van der Waals surface area contributed by atoms with Crippen molar-refractivity contribution in [3.05, 3.63) is 29.6 Å². The van der Waals surface area contributed by atoms with E-state index in [1.807, 2.05) is 6.92 Å². The fourth-order valence-corrected chi connectivity index (χ4v) is 1.31. The first-order chi connectivity index (χ1) is 7.50. The van der Waals surface area contributed by atoms with Crippen molar-refractivity contribution in [1.29, 1.82) is 0 Å². The number of rotatable bonds is 4. The Morgan fingerprint density at radius 2 is 2.25 bits per heavy atom. The minimum atomic E-state index is -0.315. The highest BCUT2D eigenvalue weighted by molar-refractivity contribution is 5.91. The summed E-state index contributed by atoms with van der Waals surface area (Å²) in [7, 11) is 0. The zero-order chi connectivity index (χ0) is 12.1. The number of nitrogens with two attached hydrogens (primary N) is 1. The molecule has 0 saturated carbocycles. The lowest BCUT2D eigenvalue weighted by atomic mass is 10.1. The summed E-state index contributed by atoms with van der Waals surface area (Å²) in [5.41, 5.74) is 6.53. The summed E-state index contributed by atoms with van der Waals surface area (Å²) in [5, 5.41) is 2.67. The second-order valence-corrected chi connectivity index (χ2v) is 3.98. The van der Waals surface area contributed by atoms with Crippen LogP contribution in [0.25, 0.3) is 0 Å². The topological polar surface area (TPSA) is 55.1 Å². The van der Waals surface area contributed by atoms with E-state index in [1.165, 1.54) is 6.07 Å². The van der Waals surface area contributed by atoms with Gasteiger partial charge in [-0.3, -0.25) is 4.79 Å². The normalized spacial score (nSPS) is 12.2. The molecule has 1 amide bonds. The molecule has 1 unspecified atom stereocenters. The van der Waals surface area contributed by atoms with Gasteiger partial charge in [0.1, 0.15) is 5.82 Å². The third kappa shape index (κ3) is 3.62. The Morgan fingerprint density at radius 3 is 2.88 bits per heavy atom. The third-order valence-corrected chi connectivity index (χ3v) is 2.37. The summed E-state index contributed by atoms with van der Waals surface area (Å²) < 4.78 is 13.2. The predicted octanol–water partition coefficient (Wildman–Crippen LogP) is 2.20. The standard InChI is InChI=1S/C12H17FN2O/c1-8(14)6-7-12(16)15-11-5-3-4-10(13)9(11)2/h3-5,8H,6-7,14H2,1-2H3,(H,15,16). The second kappa shape index (κ2) is 5.61. The zero-order valence-electron chi connectivity index (χ0n) is 9.59. The number of carbonyl (C=O) groups excluding carboxylic acids is 1. The Balaban J connectivity index is 2.59. The molecule has 0 aromatic heterocycles. The van der Waals surface area contributed by atoms with Crippen molar-refractivity contribution in [3.63, 3.8) is 0 Å². The first-order valence-electron chi connectivity index (χ1n) is 5.31. The van der Waals surface area contributed by atoms with E-state index in [2.05, 4.69) is 5.32 Å². The number of nitrogens with one attached hydrogen (secondary N) is 1. The number of halogens is 1. The predicted molar refractivity (Wildman–Crippen MR) is 62.7 cm³/mol. The van der Waals surface area contributed by atoms with Crippen LogP contribution in [0.5, 0.6) is 0 Å². The summed E-state index contributed by atoms with van der Waals surface area (Å²) in [6.07, 6.45) is 0.980. The van der Waals surface area contributed by atoms with E-state index in [-0.39, 0.29) is 17.8 Å². The molecular weight excluding hydrogens is 207 g/mol. The first-order valence-corrected chi connectivity index (χ1v) is 5.31. The van der Waals surface area contributed by atoms with E-state index in [0.29, 0.717) is 24.1 Å². The molecule has 1 aromatic carbocycles. The number of hydrogen-bond donors (Lipinski definition) is 2. The first kappa shape index (κ1) is 12.6. The number of amides is 1. The molecule has 16 heavy (non-hydrogen) atoms. The number of carbonyl (C=O) groups is 1. The number of anilines is 1. The third-order valence-electron chi connectivity index (χ3n) is 2.37. The summed E-state index contributed by atoms with van der Waals surface area (Å²) in [4.78, 5) is 11.5. The van der Waals surface area contributed by atoms with Crippen LogP contribution in [0.2, 0.25) is 0 Å². The van der Waals surface area contributed by atoms with E-state index < -0.39 is 0 Å². The van der Waals surface area contributed by atoms with Gasteiger partial charge in [-0.15, -0.1) is 0 Å². The molecule has 3 N–H and O–H groups in total. The fourth-order valence-electron chi connectivity index (χ4n) is 1.31. The molecule has 0 radical (unpaired) electrons. The maximum Gasteiger partial charge on any atom is 0.224 e. The molecule has 3 nitrogen and oxygen atoms in total. The molecule has 0 spiro atoms. The molecule has 88 valence electrons. The van der Waals surface area contributed by atoms with Crippen LogP contribution >= 0.6 is 0 Å². The molecule has 0 bridgehead atoms. The Bertz CT molecular complexity index is 377. The Hall–Kier alpha value is -1.42. The largest absolute Gasteiger partial charge is 0.328 e. The van der Waals surface area contributed by atoms with Crippen molar-refractivity contribution in [2.75, 3.05) is 5.32 Å². The minimum absolute atomic E-state index is 0.000596. The van der Waals surface area contributed by atoms with E-state index in [1.54, 1.807) is 19.1 Å². The molecule has 0 aliphatic carbocycles. The maximum atomic E-state index is 13.2. The molecule has 0 aliphatic heterocycles. The molecule has 1 rings (SSSR count). The summed E-state index contributed by atoms with van der Waals surface area (Å²) in [6, 6.07) is 4.62. The molecule has 0 heterocycles. The lowest BCUT2D eigenvalue weighted by Crippen LogP contribution is -2.19. The van der Waals surface area contributed by atoms with Crippen LogP contribution in [0.1, 0.15) is 25.3 Å². The van der Waals surface area contributed by atoms with Crippen molar-refractivity contribution in [3.8, 4) is 0 Å². The van der Waals surface area contributed by atoms with Gasteiger partial charge in [-0.2, -0.15) is 0 Å². The molecule has 0 aliphatic rings. The van der Waals surface area contributed by atoms with Gasteiger partial charge >= 0.3 is 0 Å². The van der Waals surface area contributed by atoms with E-state index in [4.69, 9.17) is 5.73 Å². The molecule has 1 atom stereocenters. The van der Waals surface area contributed by atoms with E-state index in [9.17, 15) is 9.18 Å². The van der Waals surface area contributed by atoms with Gasteiger partial charge in [-0.05, 0) is 32.4 Å². The smallest absolute Gasteiger partial charge is 0.224 e. The van der Waals surface area contributed by atoms with Crippen molar-refractivity contribution in [2.45, 2.75) is 32.7 Å². The van der Waals surface area contributed by atoms with Crippen LogP contribution in [0.4, 0.5) is 10.1 Å². The minimum Gasteiger partial charge on any atom is -0.328 e. The van der Waals surface area contributed by atoms with Crippen molar-refractivity contribution < 1.29 is 9.18 Å². The highest BCUT2D eigenvalue weighted by atomic mass is 19.1. The fraction of sp³-hybridized carbons (Fsp3) is 0.417. The summed E-state index contributed by atoms with van der Waals surface area (Å²) in [6.45, 7) is 3.48. The Labute approximate surface area is 94.8 Å². The van der Waals surface area contributed by atoms with Gasteiger partial charge in [0.15, 0.2) is 0 Å². The van der Waals surface area contributed by atoms with Crippen LogP contribution in [-0.2, 0) is 4.79 Å². The van der Waals surface area contributed by atoms with Crippen LogP contribution < -0.4 is 11.1 Å². The van der Waals surface area contributed by atoms with Crippen LogP contribution in [-0.4, -0.2) is 11.9 Å². The molecule has 0 saturated heterocycles. The van der Waals surface area contributed by atoms with Gasteiger partial charge in [0.2, 0.25) is 5.91 Å². The lowest BCUT2D eigenvalue weighted by molar-refractivity contribution is -0.116. The Kier molecular flexibility index (Phi) is 4.43. The number of benzene rings is 1. The van der Waals surface area contributed by atoms with Crippen molar-refractivity contribution in [2.24, 2.45) is 5.73 Å². The van der Waals surface area contributed by atoms with E-state index in [0.717, 1.165) is 0 Å². The summed E-state index contributed by atoms with van der Waals surface area (Å²) >= 11 is 0. The monoisotopic (exact) mass is 224 g/mol. The Morgan fingerprint density at radius 1 is 1.56 bits per heavy atom. The maximum absolute atomic E-state index is 13.2. The van der Waals surface area contributed by atoms with Gasteiger partial charge in [0.05, 0.1) is 0 Å². The highest BCUT2D eigenvalue weighted by Gasteiger charge is 2.07. The molecule has 4 heteroatoms. The molecule has 0 fully saturated rings.